The Hall–Kier alpha value is -0.945. The Labute approximate surface area is 67.9 Å². The summed E-state index contributed by atoms with van der Waals surface area (Å²) in [7, 11) is -6.00. The Kier molecular flexibility index (Phi) is 7.66. The van der Waals surface area contributed by atoms with E-state index in [0.717, 1.165) is 13.0 Å². The predicted molar refractivity (Wildman–Crippen MR) is 41.2 cm³/mol. The van der Waals surface area contributed by atoms with Crippen LogP contribution in [0.4, 0.5) is 17.3 Å². The van der Waals surface area contributed by atoms with Crippen LogP contribution in [-0.2, 0) is 0 Å². The van der Waals surface area contributed by atoms with E-state index in [-0.39, 0.29) is 5.96 Å². The van der Waals surface area contributed by atoms with Crippen LogP contribution in [0.25, 0.3) is 0 Å². The molecule has 0 bridgehead atoms. The Morgan fingerprint density at radius 1 is 1.25 bits per heavy atom. The molecule has 0 radical (unpaired) electrons. The first-order valence-electron chi connectivity index (χ1n) is 3.20. The lowest BCUT2D eigenvalue weighted by molar-refractivity contribution is 0.368. The number of hydrogen-bond donors (Lipinski definition) is 2. The normalized spacial score (nSPS) is 9.75. The third kappa shape index (κ3) is 63.0. The zero-order chi connectivity index (χ0) is 10.2. The van der Waals surface area contributed by atoms with Crippen molar-refractivity contribution in [2.24, 2.45) is 16.5 Å². The monoisotopic (exact) mass is 188 g/mol. The number of aliphatic imine (C=N–C) groups is 1. The van der Waals surface area contributed by atoms with E-state index in [1.165, 1.54) is 0 Å². The number of nitrogens with zero attached hydrogens (tertiary/aromatic N) is 1. The van der Waals surface area contributed by atoms with Gasteiger partial charge in [0.25, 0.3) is 0 Å². The highest BCUT2D eigenvalue weighted by atomic mass is 19.5. The zero-order valence-electron chi connectivity index (χ0n) is 6.61. The fraction of sp³-hybridized carbons (Fsp3) is 0.750. The quantitative estimate of drug-likeness (QED) is 0.293. The van der Waals surface area contributed by atoms with Gasteiger partial charge in [0.2, 0.25) is 0 Å². The number of hydrogen-bond acceptors (Lipinski definition) is 1. The summed E-state index contributed by atoms with van der Waals surface area (Å²) in [5, 5.41) is 0. The summed E-state index contributed by atoms with van der Waals surface area (Å²) in [4.78, 5) is 3.72. The van der Waals surface area contributed by atoms with Crippen molar-refractivity contribution in [3.05, 3.63) is 0 Å². The summed E-state index contributed by atoms with van der Waals surface area (Å²) < 4.78 is 39.0. The van der Waals surface area contributed by atoms with Crippen LogP contribution in [0, 0.1) is 0 Å². The van der Waals surface area contributed by atoms with Crippen LogP contribution in [0.1, 0.15) is 13.3 Å². The van der Waals surface area contributed by atoms with Crippen LogP contribution in [0.5, 0.6) is 0 Å². The number of halogens is 4. The molecule has 8 heteroatoms. The van der Waals surface area contributed by atoms with Crippen molar-refractivity contribution >= 4 is 13.2 Å². The van der Waals surface area contributed by atoms with Crippen LogP contribution < -0.4 is 11.5 Å². The summed E-state index contributed by atoms with van der Waals surface area (Å²) in [6, 6.07) is 0. The predicted octanol–water partition coefficient (Wildman–Crippen LogP) is 0.970. The SMILES string of the molecule is CCCN=C(N)N.F[B-](F)(F)F. The molecule has 0 atom stereocenters. The molecule has 0 aromatic carbocycles. The van der Waals surface area contributed by atoms with Gasteiger partial charge >= 0.3 is 7.25 Å². The van der Waals surface area contributed by atoms with Crippen LogP contribution >= 0.6 is 0 Å². The summed E-state index contributed by atoms with van der Waals surface area (Å²) >= 11 is 0. The van der Waals surface area contributed by atoms with Gasteiger partial charge in [-0.1, -0.05) is 6.92 Å². The molecular formula is C4H11BF4N3-. The highest BCUT2D eigenvalue weighted by molar-refractivity contribution is 6.50. The fourth-order valence-corrected chi connectivity index (χ4v) is 0.241. The van der Waals surface area contributed by atoms with Gasteiger partial charge in [0.1, 0.15) is 0 Å². The van der Waals surface area contributed by atoms with Crippen molar-refractivity contribution in [3.8, 4) is 0 Å². The molecular weight excluding hydrogens is 177 g/mol. The van der Waals surface area contributed by atoms with Gasteiger partial charge in [-0.3, -0.25) is 4.99 Å². The van der Waals surface area contributed by atoms with Gasteiger partial charge in [-0.25, -0.2) is 0 Å². The highest BCUT2D eigenvalue weighted by Gasteiger charge is 2.20. The third-order valence-electron chi connectivity index (χ3n) is 0.518. The Balaban J connectivity index is 0. The van der Waals surface area contributed by atoms with Crippen LogP contribution in [0.15, 0.2) is 4.99 Å². The second-order valence-electron chi connectivity index (χ2n) is 1.80. The van der Waals surface area contributed by atoms with E-state index >= 15 is 0 Å². The Morgan fingerprint density at radius 3 is 1.67 bits per heavy atom. The van der Waals surface area contributed by atoms with E-state index < -0.39 is 7.25 Å². The van der Waals surface area contributed by atoms with Crippen molar-refractivity contribution in [1.29, 1.82) is 0 Å². The average molecular weight is 188 g/mol. The summed E-state index contributed by atoms with van der Waals surface area (Å²) in [6.45, 7) is 2.76. The highest BCUT2D eigenvalue weighted by Crippen LogP contribution is 2.06. The van der Waals surface area contributed by atoms with Crippen molar-refractivity contribution < 1.29 is 17.3 Å². The molecule has 4 N–H and O–H groups in total. The minimum absolute atomic E-state index is 0.182. The summed E-state index contributed by atoms with van der Waals surface area (Å²) in [5.41, 5.74) is 10.0. The van der Waals surface area contributed by atoms with Gasteiger partial charge in [0.15, 0.2) is 5.96 Å². The molecule has 0 amide bonds. The van der Waals surface area contributed by atoms with E-state index in [2.05, 4.69) is 4.99 Å². The van der Waals surface area contributed by atoms with Crippen molar-refractivity contribution in [2.45, 2.75) is 13.3 Å². The maximum atomic E-state index is 9.75. The molecule has 0 saturated carbocycles. The molecule has 12 heavy (non-hydrogen) atoms. The van der Waals surface area contributed by atoms with Crippen molar-refractivity contribution in [3.63, 3.8) is 0 Å². The first-order chi connectivity index (χ1) is 5.27. The molecule has 0 aliphatic rings. The topological polar surface area (TPSA) is 64.4 Å². The van der Waals surface area contributed by atoms with Crippen LogP contribution in [0.3, 0.4) is 0 Å². The van der Waals surface area contributed by atoms with Gasteiger partial charge in [-0.2, -0.15) is 0 Å². The molecule has 0 rings (SSSR count). The van der Waals surface area contributed by atoms with Crippen LogP contribution in [-0.4, -0.2) is 19.8 Å². The summed E-state index contributed by atoms with van der Waals surface area (Å²) in [5.74, 6) is 0.182. The third-order valence-corrected chi connectivity index (χ3v) is 0.518. The van der Waals surface area contributed by atoms with E-state index in [9.17, 15) is 17.3 Å². The molecule has 0 aromatic heterocycles. The summed E-state index contributed by atoms with van der Waals surface area (Å²) in [6.07, 6.45) is 0.998. The molecule has 0 spiro atoms. The maximum Gasteiger partial charge on any atom is 0.673 e. The fourth-order valence-electron chi connectivity index (χ4n) is 0.241. The van der Waals surface area contributed by atoms with Gasteiger partial charge in [-0.05, 0) is 6.42 Å². The maximum absolute atomic E-state index is 9.75. The van der Waals surface area contributed by atoms with Crippen LogP contribution in [0.2, 0.25) is 0 Å². The number of nitrogens with two attached hydrogens (primary N) is 2. The lowest BCUT2D eigenvalue weighted by Gasteiger charge is -1.94. The molecule has 0 aliphatic heterocycles. The van der Waals surface area contributed by atoms with Crippen molar-refractivity contribution in [1.82, 2.24) is 0 Å². The molecule has 0 unspecified atom stereocenters. The molecule has 0 aromatic rings. The molecule has 74 valence electrons. The Morgan fingerprint density at radius 2 is 1.58 bits per heavy atom. The minimum atomic E-state index is -6.00. The smallest absolute Gasteiger partial charge is 0.418 e. The van der Waals surface area contributed by atoms with Crippen molar-refractivity contribution in [2.75, 3.05) is 6.54 Å². The lowest BCUT2D eigenvalue weighted by Crippen LogP contribution is -2.22. The largest absolute Gasteiger partial charge is 0.673 e. The number of rotatable bonds is 2. The average Bonchev–Trinajstić information content (AvgIpc) is 1.79. The minimum Gasteiger partial charge on any atom is -0.418 e. The molecule has 0 saturated heterocycles. The molecule has 0 aliphatic carbocycles. The van der Waals surface area contributed by atoms with Gasteiger partial charge in [0.05, 0.1) is 0 Å². The van der Waals surface area contributed by atoms with E-state index in [0.29, 0.717) is 0 Å². The zero-order valence-corrected chi connectivity index (χ0v) is 6.61. The van der Waals surface area contributed by atoms with Gasteiger partial charge < -0.3 is 28.7 Å². The van der Waals surface area contributed by atoms with Gasteiger partial charge in [-0.15, -0.1) is 0 Å². The second kappa shape index (κ2) is 6.75. The van der Waals surface area contributed by atoms with E-state index in [4.69, 9.17) is 11.5 Å². The van der Waals surface area contributed by atoms with E-state index in [1.807, 2.05) is 6.92 Å². The number of guanidine groups is 1. The first-order valence-corrected chi connectivity index (χ1v) is 3.20. The molecule has 3 nitrogen and oxygen atoms in total. The molecule has 0 fully saturated rings. The first kappa shape index (κ1) is 13.6. The Bertz CT molecular complexity index is 125. The lowest BCUT2D eigenvalue weighted by atomic mass is 10.3. The van der Waals surface area contributed by atoms with E-state index in [1.54, 1.807) is 0 Å². The molecule has 0 heterocycles. The standard InChI is InChI=1S/C4H11N3.BF4/c1-2-3-7-4(5)6;2-1(3,4)5/h2-3H2,1H3,(H4,5,6,7);/q;-1. The second-order valence-corrected chi connectivity index (χ2v) is 1.80. The van der Waals surface area contributed by atoms with Gasteiger partial charge in [0, 0.05) is 6.54 Å².